The highest BCUT2D eigenvalue weighted by molar-refractivity contribution is 5.99. The summed E-state index contributed by atoms with van der Waals surface area (Å²) in [7, 11) is 0. The molecule has 2 aromatic carbocycles. The monoisotopic (exact) mass is 395 g/mol. The number of urea groups is 1. The van der Waals surface area contributed by atoms with Gasteiger partial charge in [-0.1, -0.05) is 32.0 Å². The van der Waals surface area contributed by atoms with Crippen LogP contribution in [0.15, 0.2) is 42.5 Å². The second kappa shape index (κ2) is 8.03. The van der Waals surface area contributed by atoms with Crippen LogP contribution < -0.4 is 19.7 Å². The van der Waals surface area contributed by atoms with Crippen molar-refractivity contribution in [3.8, 4) is 11.5 Å². The quantitative estimate of drug-likeness (QED) is 0.842. The summed E-state index contributed by atoms with van der Waals surface area (Å²) in [5.74, 6) is 1.43. The average Bonchev–Trinajstić information content (AvgIpc) is 3.08. The average molecular weight is 395 g/mol. The summed E-state index contributed by atoms with van der Waals surface area (Å²) >= 11 is 0. The van der Waals surface area contributed by atoms with Crippen molar-refractivity contribution in [3.63, 3.8) is 0 Å². The van der Waals surface area contributed by atoms with Gasteiger partial charge in [0.1, 0.15) is 19.8 Å². The molecule has 1 saturated heterocycles. The molecule has 1 N–H and O–H groups in total. The number of hydrogen-bond acceptors (Lipinski definition) is 4. The molecular weight excluding hydrogens is 370 g/mol. The van der Waals surface area contributed by atoms with Crippen molar-refractivity contribution in [1.82, 2.24) is 4.90 Å². The standard InChI is InChI=1S/C22H25N3O4/c1-15(2)17-5-3-4-6-18(17)23-21(26)14-24-9-10-25(22(24)27)16-7-8-19-20(13-16)29-12-11-28-19/h3-8,13,15H,9-12,14H2,1-2H3,(H,23,26). The molecule has 0 radical (unpaired) electrons. The lowest BCUT2D eigenvalue weighted by atomic mass is 10.0. The Balaban J connectivity index is 1.41. The number of fused-ring (bicyclic) bond motifs is 1. The first kappa shape index (κ1) is 19.1. The first-order valence-corrected chi connectivity index (χ1v) is 9.88. The topological polar surface area (TPSA) is 71.1 Å². The summed E-state index contributed by atoms with van der Waals surface area (Å²) in [5.41, 5.74) is 2.61. The summed E-state index contributed by atoms with van der Waals surface area (Å²) in [6.45, 7) is 6.22. The van der Waals surface area contributed by atoms with Gasteiger partial charge in [0.15, 0.2) is 11.5 Å². The van der Waals surface area contributed by atoms with E-state index in [9.17, 15) is 9.59 Å². The van der Waals surface area contributed by atoms with Gasteiger partial charge < -0.3 is 19.7 Å². The lowest BCUT2D eigenvalue weighted by Crippen LogP contribution is -2.37. The van der Waals surface area contributed by atoms with Crippen molar-refractivity contribution < 1.29 is 19.1 Å². The Morgan fingerprint density at radius 1 is 1.07 bits per heavy atom. The van der Waals surface area contributed by atoms with E-state index in [1.807, 2.05) is 42.5 Å². The van der Waals surface area contributed by atoms with E-state index in [4.69, 9.17) is 9.47 Å². The number of hydrogen-bond donors (Lipinski definition) is 1. The Kier molecular flexibility index (Phi) is 5.29. The predicted molar refractivity (Wildman–Crippen MR) is 111 cm³/mol. The van der Waals surface area contributed by atoms with Crippen LogP contribution in [0, 0.1) is 0 Å². The van der Waals surface area contributed by atoms with Crippen LogP contribution in [0.3, 0.4) is 0 Å². The Labute approximate surface area is 170 Å². The summed E-state index contributed by atoms with van der Waals surface area (Å²) in [4.78, 5) is 28.6. The molecule has 2 aliphatic heterocycles. The molecular formula is C22H25N3O4. The molecule has 2 aliphatic rings. The van der Waals surface area contributed by atoms with E-state index < -0.39 is 0 Å². The van der Waals surface area contributed by atoms with Crippen molar-refractivity contribution in [3.05, 3.63) is 48.0 Å². The van der Waals surface area contributed by atoms with Gasteiger partial charge in [-0.25, -0.2) is 4.79 Å². The Bertz CT molecular complexity index is 928. The fourth-order valence-electron chi connectivity index (χ4n) is 3.65. The highest BCUT2D eigenvalue weighted by atomic mass is 16.6. The molecule has 0 spiro atoms. The minimum atomic E-state index is -0.199. The number of benzene rings is 2. The zero-order chi connectivity index (χ0) is 20.4. The number of nitrogens with zero attached hydrogens (tertiary/aromatic N) is 2. The van der Waals surface area contributed by atoms with Crippen molar-refractivity contribution in [2.24, 2.45) is 0 Å². The molecule has 3 amide bonds. The predicted octanol–water partition coefficient (Wildman–Crippen LogP) is 3.46. The molecule has 0 bridgehead atoms. The zero-order valence-electron chi connectivity index (χ0n) is 16.7. The van der Waals surface area contributed by atoms with Crippen molar-refractivity contribution in [1.29, 1.82) is 0 Å². The van der Waals surface area contributed by atoms with Gasteiger partial charge in [-0.2, -0.15) is 0 Å². The van der Waals surface area contributed by atoms with Crippen LogP contribution in [0.25, 0.3) is 0 Å². The summed E-state index contributed by atoms with van der Waals surface area (Å²) in [6.07, 6.45) is 0. The van der Waals surface area contributed by atoms with Gasteiger partial charge in [-0.15, -0.1) is 0 Å². The van der Waals surface area contributed by atoms with Gasteiger partial charge in [0.2, 0.25) is 5.91 Å². The van der Waals surface area contributed by atoms with Crippen LogP contribution in [-0.4, -0.2) is 49.7 Å². The second-order valence-electron chi connectivity index (χ2n) is 7.47. The molecule has 0 saturated carbocycles. The normalized spacial score (nSPS) is 15.8. The molecule has 152 valence electrons. The van der Waals surface area contributed by atoms with Crippen LogP contribution in [0.4, 0.5) is 16.2 Å². The maximum absolute atomic E-state index is 12.8. The number of nitrogens with one attached hydrogen (secondary N) is 1. The molecule has 7 heteroatoms. The van der Waals surface area contributed by atoms with Gasteiger partial charge in [0, 0.05) is 30.5 Å². The van der Waals surface area contributed by atoms with Gasteiger partial charge in [0.05, 0.1) is 0 Å². The second-order valence-corrected chi connectivity index (χ2v) is 7.47. The maximum Gasteiger partial charge on any atom is 0.325 e. The first-order chi connectivity index (χ1) is 14.0. The Morgan fingerprint density at radius 3 is 2.62 bits per heavy atom. The van der Waals surface area contributed by atoms with Gasteiger partial charge in [0.25, 0.3) is 0 Å². The Hall–Kier alpha value is -3.22. The first-order valence-electron chi connectivity index (χ1n) is 9.88. The smallest absolute Gasteiger partial charge is 0.325 e. The van der Waals surface area contributed by atoms with Gasteiger partial charge in [-0.3, -0.25) is 9.69 Å². The van der Waals surface area contributed by atoms with Crippen LogP contribution >= 0.6 is 0 Å². The van der Waals surface area contributed by atoms with E-state index in [0.29, 0.717) is 43.7 Å². The third-order valence-electron chi connectivity index (χ3n) is 5.12. The lowest BCUT2D eigenvalue weighted by Gasteiger charge is -2.22. The van der Waals surface area contributed by atoms with E-state index in [2.05, 4.69) is 19.2 Å². The van der Waals surface area contributed by atoms with Crippen LogP contribution in [0.5, 0.6) is 11.5 Å². The number of para-hydroxylation sites is 1. The molecule has 0 aromatic heterocycles. The number of carbonyl (C=O) groups is 2. The van der Waals surface area contributed by atoms with Crippen molar-refractivity contribution in [2.45, 2.75) is 19.8 Å². The molecule has 0 aliphatic carbocycles. The number of ether oxygens (including phenoxy) is 2. The fourth-order valence-corrected chi connectivity index (χ4v) is 3.65. The van der Waals surface area contributed by atoms with Crippen LogP contribution in [-0.2, 0) is 4.79 Å². The molecule has 4 rings (SSSR count). The number of carbonyl (C=O) groups excluding carboxylic acids is 2. The molecule has 0 atom stereocenters. The lowest BCUT2D eigenvalue weighted by molar-refractivity contribution is -0.116. The van der Waals surface area contributed by atoms with E-state index in [1.54, 1.807) is 9.80 Å². The van der Waals surface area contributed by atoms with Gasteiger partial charge in [-0.05, 0) is 29.7 Å². The van der Waals surface area contributed by atoms with E-state index in [0.717, 1.165) is 16.9 Å². The number of anilines is 2. The molecule has 0 unspecified atom stereocenters. The number of rotatable bonds is 5. The van der Waals surface area contributed by atoms with Gasteiger partial charge >= 0.3 is 6.03 Å². The summed E-state index contributed by atoms with van der Waals surface area (Å²) < 4.78 is 11.1. The summed E-state index contributed by atoms with van der Waals surface area (Å²) in [6, 6.07) is 13.0. The van der Waals surface area contributed by atoms with Crippen molar-refractivity contribution in [2.75, 3.05) is 43.1 Å². The highest BCUT2D eigenvalue weighted by Crippen LogP contribution is 2.35. The molecule has 7 nitrogen and oxygen atoms in total. The minimum Gasteiger partial charge on any atom is -0.486 e. The highest BCUT2D eigenvalue weighted by Gasteiger charge is 2.31. The molecule has 1 fully saturated rings. The molecule has 29 heavy (non-hydrogen) atoms. The largest absolute Gasteiger partial charge is 0.486 e. The SMILES string of the molecule is CC(C)c1ccccc1NC(=O)CN1CCN(c2ccc3c(c2)OCCO3)C1=O. The van der Waals surface area contributed by atoms with Crippen molar-refractivity contribution >= 4 is 23.3 Å². The molecule has 2 heterocycles. The number of amides is 3. The zero-order valence-corrected chi connectivity index (χ0v) is 16.7. The molecule has 2 aromatic rings. The van der Waals surface area contributed by atoms with Crippen LogP contribution in [0.2, 0.25) is 0 Å². The minimum absolute atomic E-state index is 0.0202. The Morgan fingerprint density at radius 2 is 1.83 bits per heavy atom. The fraction of sp³-hybridized carbons (Fsp3) is 0.364. The third-order valence-corrected chi connectivity index (χ3v) is 5.12. The van der Waals surface area contributed by atoms with E-state index >= 15 is 0 Å². The van der Waals surface area contributed by atoms with E-state index in [1.165, 1.54) is 0 Å². The van der Waals surface area contributed by atoms with Crippen LogP contribution in [0.1, 0.15) is 25.3 Å². The van der Waals surface area contributed by atoms with E-state index in [-0.39, 0.29) is 18.5 Å². The maximum atomic E-state index is 12.8. The third kappa shape index (κ3) is 3.99. The summed E-state index contributed by atoms with van der Waals surface area (Å²) in [5, 5.41) is 2.95.